The van der Waals surface area contributed by atoms with Gasteiger partial charge in [0.05, 0.1) is 0 Å². The molecule has 13 heavy (non-hydrogen) atoms. The fourth-order valence-corrected chi connectivity index (χ4v) is 3.22. The average Bonchev–Trinajstić information content (AvgIpc) is 2.71. The van der Waals surface area contributed by atoms with Crippen molar-refractivity contribution in [3.63, 3.8) is 0 Å². The van der Waals surface area contributed by atoms with Crippen LogP contribution in [0.5, 0.6) is 0 Å². The van der Waals surface area contributed by atoms with Crippen molar-refractivity contribution in [1.29, 1.82) is 0 Å². The van der Waals surface area contributed by atoms with E-state index in [2.05, 4.69) is 6.07 Å². The van der Waals surface area contributed by atoms with Gasteiger partial charge in [-0.3, -0.25) is 4.79 Å². The van der Waals surface area contributed by atoms with Crippen molar-refractivity contribution in [3.05, 3.63) is 21.4 Å². The number of hydrogen-bond donors (Lipinski definition) is 0. The molecular formula is C11H14OS. The number of rotatable bonds is 2. The van der Waals surface area contributed by atoms with E-state index in [4.69, 9.17) is 0 Å². The zero-order chi connectivity index (χ0) is 9.26. The molecular weight excluding hydrogens is 180 g/mol. The second-order valence-corrected chi connectivity index (χ2v) is 5.05. The summed E-state index contributed by atoms with van der Waals surface area (Å²) in [4.78, 5) is 13.3. The van der Waals surface area contributed by atoms with E-state index in [9.17, 15) is 4.79 Å². The van der Waals surface area contributed by atoms with Gasteiger partial charge in [0.25, 0.3) is 0 Å². The van der Waals surface area contributed by atoms with E-state index >= 15 is 0 Å². The van der Waals surface area contributed by atoms with Crippen LogP contribution in [0.15, 0.2) is 6.07 Å². The van der Waals surface area contributed by atoms with Gasteiger partial charge in [0.15, 0.2) is 6.29 Å². The van der Waals surface area contributed by atoms with Crippen LogP contribution in [0.1, 0.15) is 51.7 Å². The van der Waals surface area contributed by atoms with Gasteiger partial charge in [-0.25, -0.2) is 0 Å². The quantitative estimate of drug-likeness (QED) is 0.658. The van der Waals surface area contributed by atoms with E-state index < -0.39 is 0 Å². The number of thiophene rings is 1. The van der Waals surface area contributed by atoms with Crippen molar-refractivity contribution in [2.75, 3.05) is 0 Å². The molecule has 1 saturated carbocycles. The molecule has 1 aliphatic carbocycles. The van der Waals surface area contributed by atoms with Crippen LogP contribution in [-0.4, -0.2) is 6.29 Å². The minimum atomic E-state index is 0.748. The van der Waals surface area contributed by atoms with Gasteiger partial charge < -0.3 is 0 Å². The maximum absolute atomic E-state index is 10.7. The number of carbonyl (C=O) groups excluding carboxylic acids is 1. The molecule has 0 bridgehead atoms. The largest absolute Gasteiger partial charge is 0.298 e. The van der Waals surface area contributed by atoms with Crippen LogP contribution in [0.2, 0.25) is 0 Å². The molecule has 0 spiro atoms. The normalized spacial score (nSPS) is 17.9. The molecule has 0 aromatic carbocycles. The van der Waals surface area contributed by atoms with Gasteiger partial charge in [0.2, 0.25) is 0 Å². The molecule has 0 radical (unpaired) electrons. The summed E-state index contributed by atoms with van der Waals surface area (Å²) in [5, 5.41) is 0. The first kappa shape index (κ1) is 8.95. The summed E-state index contributed by atoms with van der Waals surface area (Å²) in [6, 6.07) is 2.09. The molecule has 0 unspecified atom stereocenters. The van der Waals surface area contributed by atoms with Gasteiger partial charge in [-0.2, -0.15) is 0 Å². The lowest BCUT2D eigenvalue weighted by molar-refractivity contribution is 0.112. The highest BCUT2D eigenvalue weighted by Crippen LogP contribution is 2.38. The molecule has 0 amide bonds. The Bertz CT molecular complexity index is 308. The van der Waals surface area contributed by atoms with Crippen molar-refractivity contribution in [2.24, 2.45) is 0 Å². The van der Waals surface area contributed by atoms with Crippen LogP contribution >= 0.6 is 11.3 Å². The average molecular weight is 194 g/mol. The highest BCUT2D eigenvalue weighted by atomic mass is 32.1. The summed E-state index contributed by atoms with van der Waals surface area (Å²) in [5.41, 5.74) is 0.895. The lowest BCUT2D eigenvalue weighted by Gasteiger charge is -2.03. The summed E-state index contributed by atoms with van der Waals surface area (Å²) >= 11 is 1.80. The first-order valence-corrected chi connectivity index (χ1v) is 5.68. The van der Waals surface area contributed by atoms with E-state index in [0.29, 0.717) is 0 Å². The van der Waals surface area contributed by atoms with Crippen molar-refractivity contribution in [1.82, 2.24) is 0 Å². The van der Waals surface area contributed by atoms with Crippen LogP contribution in [0.25, 0.3) is 0 Å². The summed E-state index contributed by atoms with van der Waals surface area (Å²) in [5.74, 6) is 0.748. The standard InChI is InChI=1S/C11H14OS/c1-8-10(7-12)6-11(13-8)9-4-2-3-5-9/h6-7,9H,2-5H2,1H3. The smallest absolute Gasteiger partial charge is 0.151 e. The maximum atomic E-state index is 10.7. The molecule has 2 heteroatoms. The Balaban J connectivity index is 2.24. The Labute approximate surface area is 82.8 Å². The molecule has 0 aliphatic heterocycles. The Morgan fingerprint density at radius 1 is 1.46 bits per heavy atom. The molecule has 70 valence electrons. The van der Waals surface area contributed by atoms with Crippen molar-refractivity contribution in [2.45, 2.75) is 38.5 Å². The molecule has 1 nitrogen and oxygen atoms in total. The summed E-state index contributed by atoms with van der Waals surface area (Å²) < 4.78 is 0. The number of hydrogen-bond acceptors (Lipinski definition) is 2. The molecule has 1 aromatic rings. The van der Waals surface area contributed by atoms with E-state index in [1.54, 1.807) is 11.3 Å². The Morgan fingerprint density at radius 3 is 2.69 bits per heavy atom. The van der Waals surface area contributed by atoms with Gasteiger partial charge >= 0.3 is 0 Å². The highest BCUT2D eigenvalue weighted by molar-refractivity contribution is 7.12. The minimum Gasteiger partial charge on any atom is -0.298 e. The van der Waals surface area contributed by atoms with Gasteiger partial charge in [0, 0.05) is 15.3 Å². The third kappa shape index (κ3) is 1.68. The van der Waals surface area contributed by atoms with Crippen molar-refractivity contribution >= 4 is 17.6 Å². The van der Waals surface area contributed by atoms with E-state index in [1.165, 1.54) is 35.4 Å². The molecule has 2 rings (SSSR count). The molecule has 1 heterocycles. The second-order valence-electron chi connectivity index (χ2n) is 3.76. The van der Waals surface area contributed by atoms with Crippen LogP contribution in [0.3, 0.4) is 0 Å². The molecule has 1 aromatic heterocycles. The van der Waals surface area contributed by atoms with Gasteiger partial charge in [-0.05, 0) is 31.7 Å². The van der Waals surface area contributed by atoms with Gasteiger partial charge in [-0.1, -0.05) is 12.8 Å². The fraction of sp³-hybridized carbons (Fsp3) is 0.545. The first-order chi connectivity index (χ1) is 6.31. The van der Waals surface area contributed by atoms with Crippen LogP contribution in [0, 0.1) is 6.92 Å². The van der Waals surface area contributed by atoms with E-state index in [-0.39, 0.29) is 0 Å². The second kappa shape index (κ2) is 3.62. The number of carbonyl (C=O) groups is 1. The number of aldehydes is 1. The van der Waals surface area contributed by atoms with Gasteiger partial charge in [0.1, 0.15) is 0 Å². The molecule has 1 fully saturated rings. The third-order valence-corrected chi connectivity index (χ3v) is 4.09. The highest BCUT2D eigenvalue weighted by Gasteiger charge is 2.19. The topological polar surface area (TPSA) is 17.1 Å². The minimum absolute atomic E-state index is 0.748. The van der Waals surface area contributed by atoms with Crippen LogP contribution in [-0.2, 0) is 0 Å². The van der Waals surface area contributed by atoms with Crippen LogP contribution < -0.4 is 0 Å². The molecule has 1 aliphatic rings. The number of aryl methyl sites for hydroxylation is 1. The molecule has 0 N–H and O–H groups in total. The predicted molar refractivity (Wildman–Crippen MR) is 55.7 cm³/mol. The maximum Gasteiger partial charge on any atom is 0.151 e. The zero-order valence-electron chi connectivity index (χ0n) is 7.88. The van der Waals surface area contributed by atoms with Crippen molar-refractivity contribution in [3.8, 4) is 0 Å². The van der Waals surface area contributed by atoms with E-state index in [0.717, 1.165) is 17.8 Å². The van der Waals surface area contributed by atoms with E-state index in [1.807, 2.05) is 6.92 Å². The first-order valence-electron chi connectivity index (χ1n) is 4.87. The fourth-order valence-electron chi connectivity index (χ4n) is 2.05. The summed E-state index contributed by atoms with van der Waals surface area (Å²) in [6.07, 6.45) is 6.33. The van der Waals surface area contributed by atoms with Crippen LogP contribution in [0.4, 0.5) is 0 Å². The Morgan fingerprint density at radius 2 is 2.15 bits per heavy atom. The lowest BCUT2D eigenvalue weighted by Crippen LogP contribution is -1.86. The third-order valence-electron chi connectivity index (χ3n) is 2.86. The Kier molecular flexibility index (Phi) is 2.49. The predicted octanol–water partition coefficient (Wildman–Crippen LogP) is 3.53. The summed E-state index contributed by atoms with van der Waals surface area (Å²) in [6.45, 7) is 2.03. The molecule has 0 atom stereocenters. The summed E-state index contributed by atoms with van der Waals surface area (Å²) in [7, 11) is 0. The molecule has 0 saturated heterocycles. The lowest BCUT2D eigenvalue weighted by atomic mass is 10.1. The SMILES string of the molecule is Cc1sc(C2CCCC2)cc1C=O. The van der Waals surface area contributed by atoms with Gasteiger partial charge in [-0.15, -0.1) is 11.3 Å². The van der Waals surface area contributed by atoms with Crippen molar-refractivity contribution < 1.29 is 4.79 Å². The zero-order valence-corrected chi connectivity index (χ0v) is 8.69. The monoisotopic (exact) mass is 194 g/mol. The Hall–Kier alpha value is -0.630.